The maximum Gasteiger partial charge on any atom is 0.225 e. The standard InChI is InChI=1S/C21H29N5O7/c27-20-6-15(5-18(25-20)22-8-13-1-3-31-4-2-13)24-19-7-16(17(33-30)9-23-19)32-12-14-10-26(11-14)21(28)29/h5-7,9,13-14,21,28-30H,1-4,8,10-12H2,(H3,22,23,24,25,27). The highest BCUT2D eigenvalue weighted by Gasteiger charge is 2.31. The summed E-state index contributed by atoms with van der Waals surface area (Å²) in [7, 11) is 0. The van der Waals surface area contributed by atoms with E-state index in [1.54, 1.807) is 12.1 Å². The van der Waals surface area contributed by atoms with Gasteiger partial charge in [-0.1, -0.05) is 0 Å². The number of aliphatic hydroxyl groups excluding tert-OH is 1. The van der Waals surface area contributed by atoms with Gasteiger partial charge in [0, 0.05) is 62.7 Å². The Kier molecular flexibility index (Phi) is 7.62. The third-order valence-electron chi connectivity index (χ3n) is 5.71. The van der Waals surface area contributed by atoms with Crippen molar-refractivity contribution in [2.45, 2.75) is 19.3 Å². The Hall–Kier alpha value is -2.90. The molecule has 0 bridgehead atoms. The number of anilines is 3. The van der Waals surface area contributed by atoms with Crippen molar-refractivity contribution < 1.29 is 34.9 Å². The maximum atomic E-state index is 10.0. The van der Waals surface area contributed by atoms with Gasteiger partial charge in [-0.15, -0.1) is 0 Å². The molecule has 0 amide bonds. The molecule has 2 aromatic heterocycles. The van der Waals surface area contributed by atoms with Crippen LogP contribution in [0.3, 0.4) is 0 Å². The number of aromatic nitrogens is 2. The summed E-state index contributed by atoms with van der Waals surface area (Å²) in [5.74, 6) is 1.75. The topological polar surface area (TPSA) is 162 Å². The first-order chi connectivity index (χ1) is 16.0. The van der Waals surface area contributed by atoms with Crippen molar-refractivity contribution in [2.75, 3.05) is 50.1 Å². The second-order valence-electron chi connectivity index (χ2n) is 8.25. The van der Waals surface area contributed by atoms with E-state index >= 15 is 0 Å². The molecule has 0 saturated carbocycles. The fourth-order valence-corrected chi connectivity index (χ4v) is 3.81. The number of hydrogen-bond acceptors (Lipinski definition) is 12. The zero-order valence-corrected chi connectivity index (χ0v) is 18.1. The maximum absolute atomic E-state index is 10.0. The Labute approximate surface area is 190 Å². The highest BCUT2D eigenvalue weighted by atomic mass is 17.1. The highest BCUT2D eigenvalue weighted by Crippen LogP contribution is 2.31. The van der Waals surface area contributed by atoms with Crippen molar-refractivity contribution in [3.05, 3.63) is 24.4 Å². The monoisotopic (exact) mass is 463 g/mol. The van der Waals surface area contributed by atoms with Crippen LogP contribution < -0.4 is 20.3 Å². The molecule has 0 unspecified atom stereocenters. The van der Waals surface area contributed by atoms with Crippen molar-refractivity contribution in [2.24, 2.45) is 11.8 Å². The summed E-state index contributed by atoms with van der Waals surface area (Å²) in [6.45, 7) is 3.55. The summed E-state index contributed by atoms with van der Waals surface area (Å²) < 4.78 is 11.1. The van der Waals surface area contributed by atoms with Crippen LogP contribution >= 0.6 is 0 Å². The number of rotatable bonds is 10. The van der Waals surface area contributed by atoms with Crippen molar-refractivity contribution in [1.82, 2.24) is 14.9 Å². The summed E-state index contributed by atoms with van der Waals surface area (Å²) in [6.07, 6.45) is 1.82. The van der Waals surface area contributed by atoms with Crippen LogP contribution in [-0.2, 0) is 4.74 Å². The zero-order chi connectivity index (χ0) is 23.2. The van der Waals surface area contributed by atoms with Gasteiger partial charge in [-0.25, -0.2) is 10.2 Å². The molecule has 2 fully saturated rings. The second-order valence-corrected chi connectivity index (χ2v) is 8.25. The quantitative estimate of drug-likeness (QED) is 0.170. The number of aliphatic hydroxyl groups is 2. The lowest BCUT2D eigenvalue weighted by Gasteiger charge is -2.39. The predicted molar refractivity (Wildman–Crippen MR) is 117 cm³/mol. The van der Waals surface area contributed by atoms with E-state index < -0.39 is 6.41 Å². The van der Waals surface area contributed by atoms with E-state index in [1.165, 1.54) is 17.2 Å². The van der Waals surface area contributed by atoms with Gasteiger partial charge in [0.15, 0.2) is 5.75 Å². The smallest absolute Gasteiger partial charge is 0.225 e. The molecule has 2 aromatic rings. The van der Waals surface area contributed by atoms with Crippen molar-refractivity contribution in [3.8, 4) is 17.4 Å². The molecule has 4 heterocycles. The number of nitrogens with one attached hydrogen (secondary N) is 2. The molecule has 12 nitrogen and oxygen atoms in total. The van der Waals surface area contributed by atoms with E-state index in [9.17, 15) is 5.11 Å². The predicted octanol–water partition coefficient (Wildman–Crippen LogP) is 1.19. The lowest BCUT2D eigenvalue weighted by molar-refractivity contribution is -0.194. The normalized spacial score (nSPS) is 17.6. The molecule has 6 N–H and O–H groups in total. The third kappa shape index (κ3) is 6.33. The minimum absolute atomic E-state index is 0.0512. The molecule has 0 spiro atoms. The molecule has 0 radical (unpaired) electrons. The van der Waals surface area contributed by atoms with Gasteiger partial charge in [0.1, 0.15) is 11.6 Å². The number of nitrogens with zero attached hydrogens (tertiary/aromatic N) is 3. The van der Waals surface area contributed by atoms with Gasteiger partial charge in [-0.05, 0) is 18.8 Å². The minimum atomic E-state index is -1.47. The van der Waals surface area contributed by atoms with Crippen LogP contribution in [0.1, 0.15) is 12.8 Å². The molecule has 0 atom stereocenters. The Morgan fingerprint density at radius 3 is 2.61 bits per heavy atom. The molecule has 2 saturated heterocycles. The van der Waals surface area contributed by atoms with E-state index in [0.29, 0.717) is 42.9 Å². The molecule has 0 aliphatic carbocycles. The van der Waals surface area contributed by atoms with Crippen molar-refractivity contribution in [1.29, 1.82) is 0 Å². The van der Waals surface area contributed by atoms with Gasteiger partial charge in [-0.2, -0.15) is 4.98 Å². The van der Waals surface area contributed by atoms with Gasteiger partial charge >= 0.3 is 0 Å². The molecule has 0 aromatic carbocycles. The highest BCUT2D eigenvalue weighted by molar-refractivity contribution is 5.63. The van der Waals surface area contributed by atoms with E-state index in [-0.39, 0.29) is 23.3 Å². The molecule has 2 aliphatic heterocycles. The van der Waals surface area contributed by atoms with Crippen LogP contribution in [0.2, 0.25) is 0 Å². The number of pyridine rings is 2. The summed E-state index contributed by atoms with van der Waals surface area (Å²) in [5.41, 5.74) is 0.569. The number of likely N-dealkylation sites (tertiary alicyclic amines) is 1. The van der Waals surface area contributed by atoms with E-state index in [0.717, 1.165) is 32.6 Å². The third-order valence-corrected chi connectivity index (χ3v) is 5.71. The van der Waals surface area contributed by atoms with E-state index in [1.807, 2.05) is 0 Å². The molecular weight excluding hydrogens is 434 g/mol. The van der Waals surface area contributed by atoms with Gasteiger partial charge in [-0.3, -0.25) is 4.90 Å². The van der Waals surface area contributed by atoms with Crippen LogP contribution in [-0.4, -0.2) is 81.3 Å². The Bertz CT molecular complexity index is 920. The minimum Gasteiger partial charge on any atom is -0.493 e. The number of ether oxygens (including phenoxy) is 2. The first kappa shape index (κ1) is 23.3. The zero-order valence-electron chi connectivity index (χ0n) is 18.1. The van der Waals surface area contributed by atoms with Gasteiger partial charge in [0.2, 0.25) is 18.0 Å². The molecule has 4 rings (SSSR count). The summed E-state index contributed by atoms with van der Waals surface area (Å²) >= 11 is 0. The van der Waals surface area contributed by atoms with Gasteiger partial charge < -0.3 is 40.3 Å². The van der Waals surface area contributed by atoms with E-state index in [4.69, 9.17) is 24.9 Å². The van der Waals surface area contributed by atoms with Gasteiger partial charge in [0.25, 0.3) is 0 Å². The SMILES string of the molecule is OOc1cnc(Nc2cc(O)nc(NCC3CCOCC3)c2)cc1OCC1CN(C(O)O)C1. The van der Waals surface area contributed by atoms with E-state index in [2.05, 4.69) is 25.5 Å². The Morgan fingerprint density at radius 1 is 1.09 bits per heavy atom. The second kappa shape index (κ2) is 10.8. The van der Waals surface area contributed by atoms with Gasteiger partial charge in [0.05, 0.1) is 12.8 Å². The largest absolute Gasteiger partial charge is 0.493 e. The Balaban J connectivity index is 1.37. The molecule has 12 heteroatoms. The molecule has 33 heavy (non-hydrogen) atoms. The van der Waals surface area contributed by atoms with Crippen LogP contribution in [0.25, 0.3) is 0 Å². The van der Waals surface area contributed by atoms with Crippen molar-refractivity contribution in [3.63, 3.8) is 0 Å². The summed E-state index contributed by atoms with van der Waals surface area (Å²) in [6, 6.07) is 4.80. The first-order valence-electron chi connectivity index (χ1n) is 10.8. The Morgan fingerprint density at radius 2 is 1.88 bits per heavy atom. The number of hydrogen-bond donors (Lipinski definition) is 6. The average Bonchev–Trinajstić information content (AvgIpc) is 2.77. The lowest BCUT2D eigenvalue weighted by Crippen LogP contribution is -2.53. The molecule has 180 valence electrons. The fourth-order valence-electron chi connectivity index (χ4n) is 3.81. The van der Waals surface area contributed by atoms with Crippen LogP contribution in [0.5, 0.6) is 17.4 Å². The fraction of sp³-hybridized carbons (Fsp3) is 0.524. The van der Waals surface area contributed by atoms with Crippen LogP contribution in [0, 0.1) is 11.8 Å². The lowest BCUT2D eigenvalue weighted by atomic mass is 10.0. The van der Waals surface area contributed by atoms with Crippen LogP contribution in [0.4, 0.5) is 17.3 Å². The average molecular weight is 463 g/mol. The summed E-state index contributed by atoms with van der Waals surface area (Å²) in [5, 5.41) is 43.7. The summed E-state index contributed by atoms with van der Waals surface area (Å²) in [4.78, 5) is 14.2. The number of aromatic hydroxyl groups is 1. The first-order valence-corrected chi connectivity index (χ1v) is 10.8. The molecule has 2 aliphatic rings. The van der Waals surface area contributed by atoms with Crippen molar-refractivity contribution >= 4 is 17.3 Å². The molecular formula is C21H29N5O7. The van der Waals surface area contributed by atoms with Crippen LogP contribution in [0.15, 0.2) is 24.4 Å².